The number of benzene rings is 1. The van der Waals surface area contributed by atoms with Crippen LogP contribution in [0.4, 0.5) is 0 Å². The fourth-order valence-electron chi connectivity index (χ4n) is 3.98. The van der Waals surface area contributed by atoms with E-state index in [0.717, 1.165) is 18.4 Å². The predicted molar refractivity (Wildman–Crippen MR) is 62.4 cm³/mol. The Kier molecular flexibility index (Phi) is 1.77. The number of nitrogens with two attached hydrogens (primary N) is 1. The number of ether oxygens (including phenoxy) is 1. The second-order valence-electron chi connectivity index (χ2n) is 5.47. The van der Waals surface area contributed by atoms with Crippen LogP contribution in [0.3, 0.4) is 0 Å². The Morgan fingerprint density at radius 3 is 2.94 bits per heavy atom. The molecule has 1 aliphatic heterocycles. The van der Waals surface area contributed by atoms with Crippen molar-refractivity contribution in [2.75, 3.05) is 6.61 Å². The van der Waals surface area contributed by atoms with Crippen LogP contribution in [0.25, 0.3) is 0 Å². The van der Waals surface area contributed by atoms with Crippen molar-refractivity contribution in [3.05, 3.63) is 34.4 Å². The van der Waals surface area contributed by atoms with Gasteiger partial charge in [0, 0.05) is 0 Å². The van der Waals surface area contributed by atoms with Crippen LogP contribution in [0, 0.1) is 0 Å². The molecule has 2 N–H and O–H groups in total. The van der Waals surface area contributed by atoms with Gasteiger partial charge in [-0.25, -0.2) is 0 Å². The van der Waals surface area contributed by atoms with E-state index in [1.165, 1.54) is 30.4 Å². The van der Waals surface area contributed by atoms with E-state index in [2.05, 4.69) is 12.1 Å². The average Bonchev–Trinajstić information content (AvgIpc) is 2.89. The van der Waals surface area contributed by atoms with Crippen LogP contribution < -0.4 is 5.73 Å². The van der Waals surface area contributed by atoms with E-state index < -0.39 is 0 Å². The smallest absolute Gasteiger partial charge is 0.0721 e. The minimum Gasteiger partial charge on any atom is -0.375 e. The highest BCUT2D eigenvalue weighted by atomic mass is 16.5. The van der Waals surface area contributed by atoms with Gasteiger partial charge in [0.05, 0.1) is 19.3 Å². The highest BCUT2D eigenvalue weighted by Gasteiger charge is 2.40. The first-order chi connectivity index (χ1) is 7.84. The zero-order chi connectivity index (χ0) is 10.7. The second kappa shape index (κ2) is 3.08. The van der Waals surface area contributed by atoms with Crippen molar-refractivity contribution in [3.63, 3.8) is 0 Å². The average molecular weight is 215 g/mol. The molecule has 1 fully saturated rings. The third-order valence-electron chi connectivity index (χ3n) is 4.62. The van der Waals surface area contributed by atoms with Crippen molar-refractivity contribution in [2.24, 2.45) is 5.73 Å². The summed E-state index contributed by atoms with van der Waals surface area (Å²) in [6.45, 7) is 1.45. The van der Waals surface area contributed by atoms with Gasteiger partial charge >= 0.3 is 0 Å². The normalized spacial score (nSPS) is 34.9. The minimum atomic E-state index is 0.109. The lowest BCUT2D eigenvalue weighted by Crippen LogP contribution is -2.26. The summed E-state index contributed by atoms with van der Waals surface area (Å²) < 4.78 is 5.52. The van der Waals surface area contributed by atoms with Crippen molar-refractivity contribution in [3.8, 4) is 0 Å². The SMILES string of the molecule is N[C@@H]1COCc2ccc3c(c21)[C@H]1CCC3C1. The molecule has 1 aromatic carbocycles. The lowest BCUT2D eigenvalue weighted by molar-refractivity contribution is 0.0918. The molecule has 1 heterocycles. The van der Waals surface area contributed by atoms with Gasteiger partial charge in [-0.2, -0.15) is 0 Å². The quantitative estimate of drug-likeness (QED) is 0.722. The zero-order valence-corrected chi connectivity index (χ0v) is 9.41. The van der Waals surface area contributed by atoms with Crippen molar-refractivity contribution >= 4 is 0 Å². The zero-order valence-electron chi connectivity index (χ0n) is 9.41. The summed E-state index contributed by atoms with van der Waals surface area (Å²) in [5, 5.41) is 0. The van der Waals surface area contributed by atoms with Gasteiger partial charge in [0.1, 0.15) is 0 Å². The standard InChI is InChI=1S/C14H17NO/c15-12-7-16-6-10-3-4-11-8-1-2-9(5-8)13(11)14(10)12/h3-4,8-9,12H,1-2,5-7,15H2/t8?,9-,12+/m0/s1. The Morgan fingerprint density at radius 2 is 2.00 bits per heavy atom. The van der Waals surface area contributed by atoms with Gasteiger partial charge < -0.3 is 10.5 Å². The molecule has 1 unspecified atom stereocenters. The van der Waals surface area contributed by atoms with Crippen molar-refractivity contribution in [2.45, 2.75) is 43.7 Å². The topological polar surface area (TPSA) is 35.2 Å². The first kappa shape index (κ1) is 9.20. The molecule has 4 rings (SSSR count). The van der Waals surface area contributed by atoms with Gasteiger partial charge in [0.2, 0.25) is 0 Å². The maximum Gasteiger partial charge on any atom is 0.0721 e. The van der Waals surface area contributed by atoms with E-state index in [-0.39, 0.29) is 6.04 Å². The van der Waals surface area contributed by atoms with Crippen molar-refractivity contribution in [1.82, 2.24) is 0 Å². The van der Waals surface area contributed by atoms with Crippen LogP contribution in [0.2, 0.25) is 0 Å². The highest BCUT2D eigenvalue weighted by molar-refractivity contribution is 5.51. The Balaban J connectivity index is 1.96. The summed E-state index contributed by atoms with van der Waals surface area (Å²) >= 11 is 0. The van der Waals surface area contributed by atoms with Gasteiger partial charge in [-0.1, -0.05) is 12.1 Å². The largest absolute Gasteiger partial charge is 0.375 e. The fraction of sp³-hybridized carbons (Fsp3) is 0.571. The summed E-state index contributed by atoms with van der Waals surface area (Å²) in [7, 11) is 0. The van der Waals surface area contributed by atoms with Gasteiger partial charge in [-0.05, 0) is 53.4 Å². The number of fused-ring (bicyclic) bond motifs is 7. The molecule has 1 saturated carbocycles. The molecular formula is C14H17NO. The van der Waals surface area contributed by atoms with E-state index in [1.807, 2.05) is 0 Å². The van der Waals surface area contributed by atoms with Gasteiger partial charge in [-0.15, -0.1) is 0 Å². The lowest BCUT2D eigenvalue weighted by atomic mass is 9.83. The van der Waals surface area contributed by atoms with Crippen LogP contribution in [-0.4, -0.2) is 6.61 Å². The predicted octanol–water partition coefficient (Wildman–Crippen LogP) is 2.58. The van der Waals surface area contributed by atoms with Gasteiger partial charge in [-0.3, -0.25) is 0 Å². The van der Waals surface area contributed by atoms with Gasteiger partial charge in [0.15, 0.2) is 0 Å². The van der Waals surface area contributed by atoms with Crippen LogP contribution in [0.1, 0.15) is 59.4 Å². The molecule has 16 heavy (non-hydrogen) atoms. The Labute approximate surface area is 95.8 Å². The Hall–Kier alpha value is -0.860. The molecule has 2 bridgehead atoms. The monoisotopic (exact) mass is 215 g/mol. The van der Waals surface area contributed by atoms with Crippen LogP contribution in [0.5, 0.6) is 0 Å². The maximum atomic E-state index is 6.23. The Morgan fingerprint density at radius 1 is 1.12 bits per heavy atom. The Bertz CT molecular complexity index is 454. The van der Waals surface area contributed by atoms with Crippen molar-refractivity contribution < 1.29 is 4.74 Å². The first-order valence-electron chi connectivity index (χ1n) is 6.33. The molecule has 84 valence electrons. The second-order valence-corrected chi connectivity index (χ2v) is 5.47. The molecule has 2 aliphatic carbocycles. The summed E-state index contributed by atoms with van der Waals surface area (Å²) in [6.07, 6.45) is 4.14. The minimum absolute atomic E-state index is 0.109. The van der Waals surface area contributed by atoms with Gasteiger partial charge in [0.25, 0.3) is 0 Å². The van der Waals surface area contributed by atoms with Crippen molar-refractivity contribution in [1.29, 1.82) is 0 Å². The van der Waals surface area contributed by atoms with E-state index in [9.17, 15) is 0 Å². The number of hydrogen-bond acceptors (Lipinski definition) is 2. The molecule has 3 aliphatic rings. The fourth-order valence-corrected chi connectivity index (χ4v) is 3.98. The summed E-state index contributed by atoms with van der Waals surface area (Å²) in [4.78, 5) is 0. The molecule has 0 spiro atoms. The molecule has 2 heteroatoms. The molecule has 0 radical (unpaired) electrons. The molecule has 0 amide bonds. The molecule has 3 atom stereocenters. The lowest BCUT2D eigenvalue weighted by Gasteiger charge is -2.29. The molecule has 0 saturated heterocycles. The molecular weight excluding hydrogens is 198 g/mol. The van der Waals surface area contributed by atoms with E-state index in [0.29, 0.717) is 6.61 Å². The molecule has 1 aromatic rings. The van der Waals surface area contributed by atoms with Crippen LogP contribution in [-0.2, 0) is 11.3 Å². The third-order valence-corrected chi connectivity index (χ3v) is 4.62. The molecule has 2 nitrogen and oxygen atoms in total. The van der Waals surface area contributed by atoms with Crippen LogP contribution in [0.15, 0.2) is 12.1 Å². The number of hydrogen-bond donors (Lipinski definition) is 1. The van der Waals surface area contributed by atoms with E-state index >= 15 is 0 Å². The first-order valence-corrected chi connectivity index (χ1v) is 6.33. The summed E-state index contributed by atoms with van der Waals surface area (Å²) in [5.74, 6) is 1.64. The van der Waals surface area contributed by atoms with E-state index in [1.54, 1.807) is 11.1 Å². The summed E-state index contributed by atoms with van der Waals surface area (Å²) in [5.41, 5.74) is 12.2. The van der Waals surface area contributed by atoms with E-state index in [4.69, 9.17) is 10.5 Å². The third kappa shape index (κ3) is 1.04. The highest BCUT2D eigenvalue weighted by Crippen LogP contribution is 2.55. The molecule has 0 aromatic heterocycles. The maximum absolute atomic E-state index is 6.23. The summed E-state index contributed by atoms with van der Waals surface area (Å²) in [6, 6.07) is 4.69. The van der Waals surface area contributed by atoms with Crippen LogP contribution >= 0.6 is 0 Å². The number of rotatable bonds is 0.